The van der Waals surface area contributed by atoms with Crippen molar-refractivity contribution < 1.29 is 14.0 Å². The molecule has 5 rings (SSSR count). The average molecular weight is 416 g/mol. The SMILES string of the molecule is CC(NC(=O)c1cc(-c2ccco2)n2cnc(C(N)=O)c2n1)c1nnc2ccccn12. The smallest absolute Gasteiger partial charge is 0.271 e. The molecular weight excluding hydrogens is 400 g/mol. The second-order valence-electron chi connectivity index (χ2n) is 6.84. The number of aromatic nitrogens is 6. The van der Waals surface area contributed by atoms with E-state index in [0.717, 1.165) is 0 Å². The average Bonchev–Trinajstić information content (AvgIpc) is 3.51. The fourth-order valence-corrected chi connectivity index (χ4v) is 3.37. The van der Waals surface area contributed by atoms with Crippen LogP contribution in [0.3, 0.4) is 0 Å². The molecule has 2 amide bonds. The molecule has 11 nitrogen and oxygen atoms in total. The third kappa shape index (κ3) is 3.08. The molecule has 154 valence electrons. The molecule has 0 aliphatic heterocycles. The summed E-state index contributed by atoms with van der Waals surface area (Å²) in [6.07, 6.45) is 4.73. The van der Waals surface area contributed by atoms with Crippen molar-refractivity contribution in [3.8, 4) is 11.5 Å². The van der Waals surface area contributed by atoms with Gasteiger partial charge >= 0.3 is 0 Å². The van der Waals surface area contributed by atoms with E-state index in [1.165, 1.54) is 12.6 Å². The van der Waals surface area contributed by atoms with Gasteiger partial charge in [0.25, 0.3) is 11.8 Å². The molecule has 0 radical (unpaired) electrons. The van der Waals surface area contributed by atoms with Gasteiger partial charge in [-0.3, -0.25) is 18.4 Å². The van der Waals surface area contributed by atoms with Gasteiger partial charge in [-0.05, 0) is 37.3 Å². The zero-order valence-corrected chi connectivity index (χ0v) is 16.3. The van der Waals surface area contributed by atoms with E-state index in [4.69, 9.17) is 10.2 Å². The van der Waals surface area contributed by atoms with E-state index in [1.54, 1.807) is 33.9 Å². The molecular formula is C20H16N8O3. The molecule has 0 saturated heterocycles. The van der Waals surface area contributed by atoms with Crippen LogP contribution in [0, 0.1) is 0 Å². The minimum absolute atomic E-state index is 0.0426. The van der Waals surface area contributed by atoms with Crippen molar-refractivity contribution in [2.45, 2.75) is 13.0 Å². The molecule has 0 spiro atoms. The van der Waals surface area contributed by atoms with E-state index in [-0.39, 0.29) is 17.0 Å². The highest BCUT2D eigenvalue weighted by Gasteiger charge is 2.22. The summed E-state index contributed by atoms with van der Waals surface area (Å²) in [7, 11) is 0. The van der Waals surface area contributed by atoms with Gasteiger partial charge < -0.3 is 15.5 Å². The van der Waals surface area contributed by atoms with Gasteiger partial charge in [0.05, 0.1) is 18.0 Å². The molecule has 5 aromatic rings. The number of hydrogen-bond acceptors (Lipinski definition) is 7. The lowest BCUT2D eigenvalue weighted by Crippen LogP contribution is -2.29. The lowest BCUT2D eigenvalue weighted by Gasteiger charge is -2.13. The van der Waals surface area contributed by atoms with Gasteiger partial charge in [0.1, 0.15) is 12.0 Å². The van der Waals surface area contributed by atoms with Crippen LogP contribution >= 0.6 is 0 Å². The third-order valence-electron chi connectivity index (χ3n) is 4.82. The van der Waals surface area contributed by atoms with E-state index >= 15 is 0 Å². The van der Waals surface area contributed by atoms with Crippen molar-refractivity contribution in [3.63, 3.8) is 0 Å². The third-order valence-corrected chi connectivity index (χ3v) is 4.82. The summed E-state index contributed by atoms with van der Waals surface area (Å²) in [6, 6.07) is 10.1. The number of nitrogens with one attached hydrogen (secondary N) is 1. The molecule has 3 N–H and O–H groups in total. The fourth-order valence-electron chi connectivity index (χ4n) is 3.37. The second-order valence-corrected chi connectivity index (χ2v) is 6.84. The van der Waals surface area contributed by atoms with Crippen molar-refractivity contribution in [3.05, 3.63) is 72.4 Å². The first-order valence-electron chi connectivity index (χ1n) is 9.35. The number of fused-ring (bicyclic) bond motifs is 2. The number of nitrogens with zero attached hydrogens (tertiary/aromatic N) is 6. The zero-order valence-electron chi connectivity index (χ0n) is 16.3. The standard InChI is InChI=1S/C20H16N8O3/c1-11(18-26-25-15-6-2-3-7-27(15)18)23-20(30)12-9-13(14-5-4-8-31-14)28-10-22-16(17(21)29)19(28)24-12/h2-11H,1H3,(H2,21,29)(H,23,30). The van der Waals surface area contributed by atoms with Crippen LogP contribution in [0.1, 0.15) is 39.8 Å². The Morgan fingerprint density at radius 2 is 2.03 bits per heavy atom. The van der Waals surface area contributed by atoms with Crippen LogP contribution in [-0.2, 0) is 0 Å². The summed E-state index contributed by atoms with van der Waals surface area (Å²) in [6.45, 7) is 1.79. The Morgan fingerprint density at radius 3 is 2.81 bits per heavy atom. The van der Waals surface area contributed by atoms with Crippen molar-refractivity contribution in [2.75, 3.05) is 0 Å². The highest BCUT2D eigenvalue weighted by atomic mass is 16.3. The predicted molar refractivity (Wildman–Crippen MR) is 108 cm³/mol. The minimum atomic E-state index is -0.749. The Labute approximate surface area is 174 Å². The van der Waals surface area contributed by atoms with E-state index in [0.29, 0.717) is 22.9 Å². The van der Waals surface area contributed by atoms with Gasteiger partial charge in [0.15, 0.2) is 28.6 Å². The summed E-state index contributed by atoms with van der Waals surface area (Å²) >= 11 is 0. The van der Waals surface area contributed by atoms with Crippen molar-refractivity contribution in [1.82, 2.24) is 34.3 Å². The predicted octanol–water partition coefficient (Wildman–Crippen LogP) is 1.62. The maximum absolute atomic E-state index is 13.0. The topological polar surface area (TPSA) is 146 Å². The van der Waals surface area contributed by atoms with Gasteiger partial charge in [0, 0.05) is 6.20 Å². The van der Waals surface area contributed by atoms with E-state index in [9.17, 15) is 9.59 Å². The summed E-state index contributed by atoms with van der Waals surface area (Å²) in [5, 5.41) is 11.1. The number of rotatable bonds is 5. The van der Waals surface area contributed by atoms with Gasteiger partial charge in [-0.25, -0.2) is 9.97 Å². The van der Waals surface area contributed by atoms with E-state index in [2.05, 4.69) is 25.5 Å². The van der Waals surface area contributed by atoms with Crippen molar-refractivity contribution in [2.24, 2.45) is 5.73 Å². The highest BCUT2D eigenvalue weighted by Crippen LogP contribution is 2.23. The molecule has 5 aromatic heterocycles. The Morgan fingerprint density at radius 1 is 1.16 bits per heavy atom. The summed E-state index contributed by atoms with van der Waals surface area (Å²) in [5.41, 5.74) is 6.78. The van der Waals surface area contributed by atoms with Crippen molar-refractivity contribution >= 4 is 23.1 Å². The Bertz CT molecular complexity index is 1430. The van der Waals surface area contributed by atoms with Crippen LogP contribution in [0.5, 0.6) is 0 Å². The summed E-state index contributed by atoms with van der Waals surface area (Å²) in [5.74, 6) is -0.168. The van der Waals surface area contributed by atoms with Crippen LogP contribution in [0.25, 0.3) is 22.7 Å². The maximum atomic E-state index is 13.0. The number of primary amides is 1. The lowest BCUT2D eigenvalue weighted by molar-refractivity contribution is 0.0931. The quantitative estimate of drug-likeness (QED) is 0.443. The molecule has 0 aliphatic rings. The van der Waals surface area contributed by atoms with Crippen LogP contribution in [0.4, 0.5) is 0 Å². The first-order valence-corrected chi connectivity index (χ1v) is 9.35. The molecule has 1 atom stereocenters. The summed E-state index contributed by atoms with van der Waals surface area (Å²) < 4.78 is 8.81. The number of furan rings is 1. The van der Waals surface area contributed by atoms with Gasteiger partial charge in [-0.1, -0.05) is 6.07 Å². The van der Waals surface area contributed by atoms with Crippen LogP contribution < -0.4 is 11.1 Å². The normalized spacial score (nSPS) is 12.3. The van der Waals surface area contributed by atoms with Crippen LogP contribution in [0.15, 0.2) is 59.6 Å². The molecule has 0 fully saturated rings. The van der Waals surface area contributed by atoms with E-state index in [1.807, 2.05) is 24.4 Å². The first-order chi connectivity index (χ1) is 15.0. The first kappa shape index (κ1) is 18.5. The number of amides is 2. The highest BCUT2D eigenvalue weighted by molar-refractivity contribution is 5.99. The molecule has 5 heterocycles. The largest absolute Gasteiger partial charge is 0.463 e. The number of imidazole rings is 1. The maximum Gasteiger partial charge on any atom is 0.271 e. The molecule has 0 aliphatic carbocycles. The number of nitrogens with two attached hydrogens (primary N) is 1. The zero-order chi connectivity index (χ0) is 21.5. The van der Waals surface area contributed by atoms with Gasteiger partial charge in [-0.15, -0.1) is 10.2 Å². The molecule has 11 heteroatoms. The summed E-state index contributed by atoms with van der Waals surface area (Å²) in [4.78, 5) is 33.2. The van der Waals surface area contributed by atoms with Crippen molar-refractivity contribution in [1.29, 1.82) is 0 Å². The second kappa shape index (κ2) is 7.06. The molecule has 0 bridgehead atoms. The van der Waals surface area contributed by atoms with Crippen LogP contribution in [-0.4, -0.2) is 40.8 Å². The Hall–Kier alpha value is -4.54. The van der Waals surface area contributed by atoms with Gasteiger partial charge in [0.2, 0.25) is 0 Å². The molecule has 0 saturated carbocycles. The Kier molecular flexibility index (Phi) is 4.21. The molecule has 0 aromatic carbocycles. The number of hydrogen-bond donors (Lipinski definition) is 2. The van der Waals surface area contributed by atoms with Crippen LogP contribution in [0.2, 0.25) is 0 Å². The number of pyridine rings is 1. The molecule has 31 heavy (non-hydrogen) atoms. The number of carbonyl (C=O) groups excluding carboxylic acids is 2. The lowest BCUT2D eigenvalue weighted by atomic mass is 10.2. The van der Waals surface area contributed by atoms with E-state index < -0.39 is 17.9 Å². The minimum Gasteiger partial charge on any atom is -0.463 e. The monoisotopic (exact) mass is 416 g/mol. The Balaban J connectivity index is 1.55. The number of carbonyl (C=O) groups is 2. The van der Waals surface area contributed by atoms with Gasteiger partial charge in [-0.2, -0.15) is 0 Å². The fraction of sp³-hybridized carbons (Fsp3) is 0.100. The molecule has 1 unspecified atom stereocenters.